The van der Waals surface area contributed by atoms with E-state index in [9.17, 15) is 8.42 Å². The van der Waals surface area contributed by atoms with Crippen LogP contribution >= 0.6 is 0 Å². The largest absolute Gasteiger partial charge is 0.327 e. The quantitative estimate of drug-likeness (QED) is 0.491. The molecule has 0 aromatic carbocycles. The van der Waals surface area contributed by atoms with E-state index >= 15 is 0 Å². The molecule has 0 aliphatic heterocycles. The van der Waals surface area contributed by atoms with Crippen LogP contribution in [-0.4, -0.2) is 24.7 Å². The van der Waals surface area contributed by atoms with Gasteiger partial charge >= 0.3 is 0 Å². The molecule has 0 amide bonds. The predicted octanol–water partition coefficient (Wildman–Crippen LogP) is -0.977. The number of rotatable bonds is 3. The molecule has 0 bridgehead atoms. The highest BCUT2D eigenvalue weighted by molar-refractivity contribution is 7.87. The van der Waals surface area contributed by atoms with Crippen LogP contribution in [0.2, 0.25) is 0 Å². The van der Waals surface area contributed by atoms with Gasteiger partial charge < -0.3 is 3.87 Å². The molecular formula is C3H10O3SSi. The highest BCUT2D eigenvalue weighted by Gasteiger charge is 2.02. The molecule has 0 N–H and O–H groups in total. The first-order chi connectivity index (χ1) is 3.62. The van der Waals surface area contributed by atoms with Crippen LogP contribution in [0.3, 0.4) is 0 Å². The summed E-state index contributed by atoms with van der Waals surface area (Å²) in [5.41, 5.74) is 0. The molecule has 0 saturated heterocycles. The smallest absolute Gasteiger partial charge is 0.256 e. The highest BCUT2D eigenvalue weighted by Crippen LogP contribution is 1.90. The van der Waals surface area contributed by atoms with Gasteiger partial charge in [0.05, 0.1) is 5.75 Å². The summed E-state index contributed by atoms with van der Waals surface area (Å²) in [6.07, 6.45) is 0.630. The van der Waals surface area contributed by atoms with Gasteiger partial charge in [0.15, 0.2) is 10.5 Å². The lowest BCUT2D eigenvalue weighted by molar-refractivity contribution is 0.506. The fourth-order valence-corrected chi connectivity index (χ4v) is 1.50. The van der Waals surface area contributed by atoms with Crippen molar-refractivity contribution in [2.45, 2.75) is 13.3 Å². The maximum atomic E-state index is 10.4. The topological polar surface area (TPSA) is 43.4 Å². The van der Waals surface area contributed by atoms with Crippen LogP contribution in [0.4, 0.5) is 0 Å². The zero-order valence-corrected chi connectivity index (χ0v) is 7.86. The van der Waals surface area contributed by atoms with Crippen molar-refractivity contribution in [3.8, 4) is 0 Å². The van der Waals surface area contributed by atoms with Crippen LogP contribution in [0.5, 0.6) is 0 Å². The van der Waals surface area contributed by atoms with E-state index in [1.807, 2.05) is 0 Å². The van der Waals surface area contributed by atoms with E-state index < -0.39 is 10.1 Å². The molecule has 0 aliphatic carbocycles. The summed E-state index contributed by atoms with van der Waals surface area (Å²) in [5, 5.41) is 0. The summed E-state index contributed by atoms with van der Waals surface area (Å²) >= 11 is 0. The van der Waals surface area contributed by atoms with Crippen molar-refractivity contribution in [1.82, 2.24) is 0 Å². The lowest BCUT2D eigenvalue weighted by atomic mass is 10.6. The van der Waals surface area contributed by atoms with Crippen molar-refractivity contribution < 1.29 is 12.3 Å². The lowest BCUT2D eigenvalue weighted by Crippen LogP contribution is -2.06. The second-order valence-corrected chi connectivity index (χ2v) is 4.29. The fourth-order valence-electron chi connectivity index (χ4n) is 0.333. The monoisotopic (exact) mass is 154 g/mol. The minimum Gasteiger partial charge on any atom is -0.327 e. The summed E-state index contributed by atoms with van der Waals surface area (Å²) in [6.45, 7) is 1.80. The van der Waals surface area contributed by atoms with E-state index in [4.69, 9.17) is 0 Å². The average molecular weight is 154 g/mol. The van der Waals surface area contributed by atoms with Gasteiger partial charge in [-0.1, -0.05) is 6.92 Å². The molecule has 0 aliphatic rings. The summed E-state index contributed by atoms with van der Waals surface area (Å²) in [6, 6.07) is 0. The zero-order valence-electron chi connectivity index (χ0n) is 5.05. The fraction of sp³-hybridized carbons (Fsp3) is 1.00. The highest BCUT2D eigenvalue weighted by atomic mass is 32.2. The van der Waals surface area contributed by atoms with E-state index in [1.54, 1.807) is 6.92 Å². The van der Waals surface area contributed by atoms with Gasteiger partial charge in [0.25, 0.3) is 10.1 Å². The third-order valence-electron chi connectivity index (χ3n) is 0.708. The van der Waals surface area contributed by atoms with Crippen LogP contribution in [0.25, 0.3) is 0 Å². The Hall–Kier alpha value is 0.127. The normalized spacial score (nSPS) is 12.1. The van der Waals surface area contributed by atoms with Crippen molar-refractivity contribution in [1.29, 1.82) is 0 Å². The minimum absolute atomic E-state index is 0.149. The average Bonchev–Trinajstić information content (AvgIpc) is 1.67. The summed E-state index contributed by atoms with van der Waals surface area (Å²) in [5.74, 6) is 0.149. The van der Waals surface area contributed by atoms with Crippen LogP contribution in [0.15, 0.2) is 0 Å². The molecule has 5 heteroatoms. The van der Waals surface area contributed by atoms with Gasteiger partial charge in [0, 0.05) is 0 Å². The Morgan fingerprint density at radius 1 is 1.62 bits per heavy atom. The third-order valence-corrected chi connectivity index (χ3v) is 3.65. The number of hydrogen-bond donors (Lipinski definition) is 0. The maximum absolute atomic E-state index is 10.4. The minimum atomic E-state index is -3.11. The van der Waals surface area contributed by atoms with E-state index in [0.29, 0.717) is 6.42 Å². The van der Waals surface area contributed by atoms with Crippen molar-refractivity contribution in [3.63, 3.8) is 0 Å². The van der Waals surface area contributed by atoms with E-state index in [1.165, 1.54) is 0 Å². The Balaban J connectivity index is 3.76. The Morgan fingerprint density at radius 2 is 2.12 bits per heavy atom. The van der Waals surface area contributed by atoms with Gasteiger partial charge in [-0.15, -0.1) is 0 Å². The molecule has 50 valence electrons. The molecule has 0 atom stereocenters. The van der Waals surface area contributed by atoms with Crippen LogP contribution in [0.1, 0.15) is 13.3 Å². The Kier molecular flexibility index (Phi) is 3.26. The van der Waals surface area contributed by atoms with Gasteiger partial charge in [-0.05, 0) is 6.42 Å². The molecule has 8 heavy (non-hydrogen) atoms. The maximum Gasteiger partial charge on any atom is 0.256 e. The second-order valence-electron chi connectivity index (χ2n) is 1.43. The summed E-state index contributed by atoms with van der Waals surface area (Å²) in [7, 11) is -2.83. The second kappa shape index (κ2) is 3.21. The first kappa shape index (κ1) is 8.13. The van der Waals surface area contributed by atoms with Gasteiger partial charge in [0.2, 0.25) is 0 Å². The van der Waals surface area contributed by atoms with Crippen molar-refractivity contribution >= 4 is 20.6 Å². The summed E-state index contributed by atoms with van der Waals surface area (Å²) < 4.78 is 25.1. The molecule has 0 saturated carbocycles. The van der Waals surface area contributed by atoms with Crippen molar-refractivity contribution in [2.24, 2.45) is 0 Å². The zero-order chi connectivity index (χ0) is 6.62. The molecule has 0 fully saturated rings. The Morgan fingerprint density at radius 3 is 2.25 bits per heavy atom. The van der Waals surface area contributed by atoms with Crippen molar-refractivity contribution in [2.75, 3.05) is 5.75 Å². The SMILES string of the molecule is CCCS(=O)(=O)O[SiH3]. The molecule has 0 unspecified atom stereocenters. The van der Waals surface area contributed by atoms with Crippen molar-refractivity contribution in [3.05, 3.63) is 0 Å². The first-order valence-corrected chi connectivity index (χ1v) is 4.80. The molecule has 0 heterocycles. The third kappa shape index (κ3) is 3.17. The first-order valence-electron chi connectivity index (χ1n) is 2.40. The van der Waals surface area contributed by atoms with Crippen LogP contribution < -0.4 is 0 Å². The van der Waals surface area contributed by atoms with Gasteiger partial charge in [-0.2, -0.15) is 0 Å². The predicted molar refractivity (Wildman–Crippen MR) is 35.1 cm³/mol. The van der Waals surface area contributed by atoms with E-state index in [2.05, 4.69) is 3.87 Å². The van der Waals surface area contributed by atoms with Gasteiger partial charge in [-0.25, -0.2) is 8.42 Å². The molecule has 0 aromatic rings. The summed E-state index contributed by atoms with van der Waals surface area (Å²) in [4.78, 5) is 0. The molecule has 0 radical (unpaired) electrons. The molecule has 0 rings (SSSR count). The Labute approximate surface area is 52.7 Å². The van der Waals surface area contributed by atoms with E-state index in [-0.39, 0.29) is 16.2 Å². The molecule has 3 nitrogen and oxygen atoms in total. The lowest BCUT2D eigenvalue weighted by Gasteiger charge is -1.95. The molecule has 0 spiro atoms. The molecular weight excluding hydrogens is 144 g/mol. The molecule has 0 aromatic heterocycles. The standard InChI is InChI=1S/C3H10O3SSi/c1-2-3-7(4,5)6-8/h2-3H2,1,8H3. The van der Waals surface area contributed by atoms with Crippen LogP contribution in [0, 0.1) is 0 Å². The van der Waals surface area contributed by atoms with Gasteiger partial charge in [-0.3, -0.25) is 0 Å². The van der Waals surface area contributed by atoms with Crippen LogP contribution in [-0.2, 0) is 14.0 Å². The van der Waals surface area contributed by atoms with Gasteiger partial charge in [0.1, 0.15) is 0 Å². The van der Waals surface area contributed by atoms with E-state index in [0.717, 1.165) is 0 Å². The Bertz CT molecular complexity index is 139. The number of hydrogen-bond acceptors (Lipinski definition) is 3.